The topological polar surface area (TPSA) is 16.4 Å². The Morgan fingerprint density at radius 2 is 0.774 bits per heavy atom. The van der Waals surface area contributed by atoms with Crippen molar-refractivity contribution in [1.82, 2.24) is 0 Å². The van der Waals surface area contributed by atoms with E-state index in [1.165, 1.54) is 60.3 Å². The molecule has 12 aromatic rings. The second-order valence-corrected chi connectivity index (χ2v) is 16.0. The quantitative estimate of drug-likeness (QED) is 0.150. The maximum Gasteiger partial charge on any atom is 0.159 e. The molecule has 12 rings (SSSR count). The van der Waals surface area contributed by atoms with E-state index in [0.717, 1.165) is 55.5 Å². The Hall–Kier alpha value is -8.20. The van der Waals surface area contributed by atoms with Crippen molar-refractivity contribution < 1.29 is 4.42 Å². The average Bonchev–Trinajstić information content (AvgIpc) is 3.74. The van der Waals surface area contributed by atoms with E-state index in [4.69, 9.17) is 4.42 Å². The van der Waals surface area contributed by atoms with Crippen LogP contribution in [0, 0.1) is 0 Å². The van der Waals surface area contributed by atoms with Crippen LogP contribution in [0.3, 0.4) is 0 Å². The van der Waals surface area contributed by atoms with Gasteiger partial charge >= 0.3 is 0 Å². The third-order valence-corrected chi connectivity index (χ3v) is 12.5. The summed E-state index contributed by atoms with van der Waals surface area (Å²) < 4.78 is 6.86. The van der Waals surface area contributed by atoms with Crippen molar-refractivity contribution in [2.75, 3.05) is 4.90 Å². The molecule has 1 heterocycles. The van der Waals surface area contributed by atoms with Crippen molar-refractivity contribution in [3.8, 4) is 44.5 Å². The number of anilines is 3. The summed E-state index contributed by atoms with van der Waals surface area (Å²) in [6.07, 6.45) is 0. The van der Waals surface area contributed by atoms with Crippen LogP contribution in [0.25, 0.3) is 98.8 Å². The van der Waals surface area contributed by atoms with Crippen LogP contribution in [0.4, 0.5) is 17.1 Å². The van der Waals surface area contributed by atoms with E-state index in [2.05, 4.69) is 235 Å². The van der Waals surface area contributed by atoms with Gasteiger partial charge in [0.05, 0.1) is 11.4 Å². The fourth-order valence-electron chi connectivity index (χ4n) is 9.62. The number of rotatable bonds is 7. The summed E-state index contributed by atoms with van der Waals surface area (Å²) >= 11 is 0. The van der Waals surface area contributed by atoms with Gasteiger partial charge in [0.25, 0.3) is 0 Å². The minimum atomic E-state index is 0.852. The Balaban J connectivity index is 1.08. The fourth-order valence-corrected chi connectivity index (χ4v) is 9.62. The molecule has 0 spiro atoms. The molecule has 2 nitrogen and oxygen atoms in total. The first-order valence-electron chi connectivity index (χ1n) is 21.3. The summed E-state index contributed by atoms with van der Waals surface area (Å²) in [5.41, 5.74) is 14.4. The molecule has 0 unspecified atom stereocenters. The van der Waals surface area contributed by atoms with Gasteiger partial charge in [-0.2, -0.15) is 0 Å². The van der Waals surface area contributed by atoms with Gasteiger partial charge in [-0.05, 0) is 90.1 Å². The van der Waals surface area contributed by atoms with Crippen LogP contribution in [0.1, 0.15) is 0 Å². The first-order valence-corrected chi connectivity index (χ1v) is 21.3. The smallest absolute Gasteiger partial charge is 0.159 e. The molecule has 62 heavy (non-hydrogen) atoms. The van der Waals surface area contributed by atoms with Crippen LogP contribution in [0.5, 0.6) is 0 Å². The summed E-state index contributed by atoms with van der Waals surface area (Å²) in [4.78, 5) is 2.45. The van der Waals surface area contributed by atoms with E-state index in [-0.39, 0.29) is 0 Å². The Labute approximate surface area is 360 Å². The van der Waals surface area contributed by atoms with Crippen molar-refractivity contribution >= 4 is 71.3 Å². The second-order valence-electron chi connectivity index (χ2n) is 16.0. The molecule has 0 saturated carbocycles. The molecule has 0 bridgehead atoms. The van der Waals surface area contributed by atoms with Crippen LogP contribution < -0.4 is 4.90 Å². The summed E-state index contributed by atoms with van der Waals surface area (Å²) in [6.45, 7) is 0. The lowest BCUT2D eigenvalue weighted by Crippen LogP contribution is -2.12. The van der Waals surface area contributed by atoms with E-state index in [9.17, 15) is 0 Å². The zero-order valence-electron chi connectivity index (χ0n) is 33.9. The minimum absolute atomic E-state index is 0.852. The highest BCUT2D eigenvalue weighted by Gasteiger charge is 2.27. The van der Waals surface area contributed by atoms with E-state index in [1.807, 2.05) is 6.07 Å². The predicted molar refractivity (Wildman–Crippen MR) is 263 cm³/mol. The first-order chi connectivity index (χ1) is 30.8. The monoisotopic (exact) mass is 789 g/mol. The number of hydrogen-bond donors (Lipinski definition) is 0. The Bertz CT molecular complexity index is 3610. The Morgan fingerprint density at radius 3 is 1.52 bits per heavy atom. The summed E-state index contributed by atoms with van der Waals surface area (Å²) in [5.74, 6) is 0. The molecule has 0 aliphatic rings. The van der Waals surface area contributed by atoms with Crippen LogP contribution >= 0.6 is 0 Å². The first kappa shape index (κ1) is 35.7. The largest absolute Gasteiger partial charge is 0.454 e. The van der Waals surface area contributed by atoms with Crippen molar-refractivity contribution in [3.63, 3.8) is 0 Å². The van der Waals surface area contributed by atoms with Gasteiger partial charge in [-0.25, -0.2) is 0 Å². The number of benzene rings is 11. The van der Waals surface area contributed by atoms with Crippen molar-refractivity contribution in [2.45, 2.75) is 0 Å². The summed E-state index contributed by atoms with van der Waals surface area (Å²) in [6, 6.07) is 85.4. The zero-order chi connectivity index (χ0) is 41.0. The number of fused-ring (bicyclic) bond motifs is 7. The van der Waals surface area contributed by atoms with Crippen LogP contribution in [-0.2, 0) is 0 Å². The van der Waals surface area contributed by atoms with Gasteiger partial charge < -0.3 is 9.32 Å². The van der Waals surface area contributed by atoms with Crippen LogP contribution in [-0.4, -0.2) is 0 Å². The fraction of sp³-hybridized carbons (Fsp3) is 0. The molecule has 0 aliphatic heterocycles. The van der Waals surface area contributed by atoms with Crippen molar-refractivity contribution in [2.24, 2.45) is 0 Å². The lowest BCUT2D eigenvalue weighted by molar-refractivity contribution is 0.669. The predicted octanol–water partition coefficient (Wildman–Crippen LogP) is 17.2. The lowest BCUT2D eigenvalue weighted by Gasteiger charge is -2.31. The molecule has 0 amide bonds. The minimum Gasteiger partial charge on any atom is -0.454 e. The van der Waals surface area contributed by atoms with E-state index in [1.54, 1.807) is 0 Å². The van der Waals surface area contributed by atoms with Gasteiger partial charge in [-0.3, -0.25) is 0 Å². The molecule has 0 radical (unpaired) electrons. The van der Waals surface area contributed by atoms with Crippen molar-refractivity contribution in [1.29, 1.82) is 0 Å². The molecular formula is C60H39NO. The molecule has 1 aromatic heterocycles. The molecule has 0 N–H and O–H groups in total. The average molecular weight is 790 g/mol. The van der Waals surface area contributed by atoms with Gasteiger partial charge in [0, 0.05) is 27.4 Å². The molecule has 0 fully saturated rings. The third-order valence-electron chi connectivity index (χ3n) is 12.5. The number of hydrogen-bond acceptors (Lipinski definition) is 2. The van der Waals surface area contributed by atoms with Gasteiger partial charge in [-0.1, -0.05) is 212 Å². The van der Waals surface area contributed by atoms with Crippen LogP contribution in [0.2, 0.25) is 0 Å². The lowest BCUT2D eigenvalue weighted by atomic mass is 9.88. The number of furan rings is 1. The molecule has 0 aliphatic carbocycles. The van der Waals surface area contributed by atoms with E-state index >= 15 is 0 Å². The van der Waals surface area contributed by atoms with Gasteiger partial charge in [0.1, 0.15) is 5.58 Å². The Morgan fingerprint density at radius 1 is 0.290 bits per heavy atom. The molecule has 0 saturated heterocycles. The third kappa shape index (κ3) is 5.88. The Kier molecular flexibility index (Phi) is 8.53. The normalized spacial score (nSPS) is 11.5. The maximum absolute atomic E-state index is 6.86. The molecule has 2 heteroatoms. The molecule has 290 valence electrons. The number of nitrogens with zero attached hydrogens (tertiary/aromatic N) is 1. The SMILES string of the molecule is c1ccc(-c2ccccc2-c2ccc(-c3ccc(N(c4c(-c5cccc6ccccc56)c5ccccc5c5ccccc45)c4cccc5c4oc4ccccc45)cc3)cc2)cc1. The molecular weight excluding hydrogens is 751 g/mol. The maximum atomic E-state index is 6.86. The van der Waals surface area contributed by atoms with E-state index in [0.29, 0.717) is 0 Å². The highest BCUT2D eigenvalue weighted by molar-refractivity contribution is 6.25. The van der Waals surface area contributed by atoms with Crippen molar-refractivity contribution in [3.05, 3.63) is 237 Å². The van der Waals surface area contributed by atoms with E-state index < -0.39 is 0 Å². The molecule has 0 atom stereocenters. The van der Waals surface area contributed by atoms with Gasteiger partial charge in [0.15, 0.2) is 5.58 Å². The zero-order valence-corrected chi connectivity index (χ0v) is 33.9. The standard InChI is InChI=1S/C60H39NO/c1-2-16-42(17-3-1)46-20-6-7-21-47(46)44-34-32-40(33-35-44)41-36-38-45(39-37-41)61(56-30-15-29-55-51-25-12-13-31-57(51)62-60(55)56)59-54-27-11-9-24-50(54)49-23-8-10-26-53(49)58(59)52-28-14-19-43-18-4-5-22-48(43)52/h1-39H. The highest BCUT2D eigenvalue weighted by atomic mass is 16.3. The highest BCUT2D eigenvalue weighted by Crippen LogP contribution is 2.52. The van der Waals surface area contributed by atoms with Gasteiger partial charge in [-0.15, -0.1) is 0 Å². The van der Waals surface area contributed by atoms with Gasteiger partial charge in [0.2, 0.25) is 0 Å². The summed E-state index contributed by atoms with van der Waals surface area (Å²) in [7, 11) is 0. The van der Waals surface area contributed by atoms with Crippen LogP contribution in [0.15, 0.2) is 241 Å². The molecule has 11 aromatic carbocycles. The summed E-state index contributed by atoms with van der Waals surface area (Å²) in [5, 5.41) is 9.40. The second kappa shape index (κ2) is 14.8. The number of para-hydroxylation sites is 2.